The van der Waals surface area contributed by atoms with E-state index in [0.717, 1.165) is 43.1 Å². The third-order valence-electron chi connectivity index (χ3n) is 5.50. The van der Waals surface area contributed by atoms with Crippen LogP contribution in [0.25, 0.3) is 5.65 Å². The lowest BCUT2D eigenvalue weighted by molar-refractivity contribution is -0.121. The second-order valence-electron chi connectivity index (χ2n) is 7.63. The van der Waals surface area contributed by atoms with Crippen molar-refractivity contribution in [3.8, 4) is 5.75 Å². The molecule has 1 aliphatic heterocycles. The molecule has 2 aromatic heterocycles. The van der Waals surface area contributed by atoms with Gasteiger partial charge in [-0.2, -0.15) is 0 Å². The largest absolute Gasteiger partial charge is 0.497 e. The number of carbonyl (C=O) groups is 1. The summed E-state index contributed by atoms with van der Waals surface area (Å²) < 4.78 is 12.0. The van der Waals surface area contributed by atoms with Gasteiger partial charge in [-0.15, -0.1) is 0 Å². The number of aromatic amines is 1. The standard InChI is InChI=1S/C22H26N4O4/c1-14(23-21(27)11-15-3-5-17(29-2)6-4-15)18-13-22(28)26-20(24-18)12-19(25-26)16-7-9-30-10-8-16/h3-6,12-14,16,25H,7-11H2,1-2H3,(H,23,27)/t14-/m1/s1. The Kier molecular flexibility index (Phi) is 5.85. The zero-order valence-electron chi connectivity index (χ0n) is 17.2. The molecule has 0 aliphatic carbocycles. The monoisotopic (exact) mass is 410 g/mol. The number of methoxy groups -OCH3 is 1. The smallest absolute Gasteiger partial charge is 0.272 e. The molecule has 0 radical (unpaired) electrons. The topological polar surface area (TPSA) is 97.7 Å². The van der Waals surface area contributed by atoms with E-state index in [1.165, 1.54) is 10.6 Å². The van der Waals surface area contributed by atoms with E-state index in [2.05, 4.69) is 15.4 Å². The number of amides is 1. The lowest BCUT2D eigenvalue weighted by Crippen LogP contribution is -2.30. The van der Waals surface area contributed by atoms with Crippen LogP contribution in [0, 0.1) is 0 Å². The van der Waals surface area contributed by atoms with Gasteiger partial charge in [0.1, 0.15) is 5.75 Å². The lowest BCUT2D eigenvalue weighted by atomic mass is 9.97. The van der Waals surface area contributed by atoms with Gasteiger partial charge in [0, 0.05) is 37.0 Å². The Morgan fingerprint density at radius 2 is 2.03 bits per heavy atom. The average molecular weight is 410 g/mol. The average Bonchev–Trinajstić information content (AvgIpc) is 3.20. The van der Waals surface area contributed by atoms with Gasteiger partial charge in [0.25, 0.3) is 5.56 Å². The number of rotatable bonds is 6. The number of fused-ring (bicyclic) bond motifs is 1. The second kappa shape index (κ2) is 8.71. The fourth-order valence-electron chi connectivity index (χ4n) is 3.76. The summed E-state index contributed by atoms with van der Waals surface area (Å²) in [6.07, 6.45) is 2.09. The fourth-order valence-corrected chi connectivity index (χ4v) is 3.76. The molecule has 3 aromatic rings. The van der Waals surface area contributed by atoms with Gasteiger partial charge in [-0.1, -0.05) is 12.1 Å². The molecular weight excluding hydrogens is 384 g/mol. The molecule has 0 saturated carbocycles. The third-order valence-corrected chi connectivity index (χ3v) is 5.50. The lowest BCUT2D eigenvalue weighted by Gasteiger charge is -2.20. The van der Waals surface area contributed by atoms with Crippen LogP contribution in [-0.4, -0.2) is 40.8 Å². The minimum Gasteiger partial charge on any atom is -0.497 e. The summed E-state index contributed by atoms with van der Waals surface area (Å²) >= 11 is 0. The maximum absolute atomic E-state index is 12.6. The van der Waals surface area contributed by atoms with Gasteiger partial charge < -0.3 is 14.8 Å². The van der Waals surface area contributed by atoms with Crippen LogP contribution in [0.1, 0.15) is 48.7 Å². The number of hydrogen-bond donors (Lipinski definition) is 2. The van der Waals surface area contributed by atoms with E-state index in [9.17, 15) is 9.59 Å². The minimum atomic E-state index is -0.380. The number of ether oxygens (including phenoxy) is 2. The number of carbonyl (C=O) groups excluding carboxylic acids is 1. The Balaban J connectivity index is 1.47. The Bertz CT molecular complexity index is 1080. The summed E-state index contributed by atoms with van der Waals surface area (Å²) in [5, 5.41) is 6.10. The first-order valence-electron chi connectivity index (χ1n) is 10.2. The zero-order chi connectivity index (χ0) is 21.1. The van der Waals surface area contributed by atoms with Crippen LogP contribution < -0.4 is 15.6 Å². The molecule has 0 unspecified atom stereocenters. The Morgan fingerprint density at radius 3 is 2.73 bits per heavy atom. The predicted octanol–water partition coefficient (Wildman–Crippen LogP) is 2.35. The van der Waals surface area contributed by atoms with Crippen molar-refractivity contribution in [2.24, 2.45) is 0 Å². The van der Waals surface area contributed by atoms with Crippen molar-refractivity contribution in [3.05, 3.63) is 63.7 Å². The first kappa shape index (κ1) is 20.2. The number of nitrogens with one attached hydrogen (secondary N) is 2. The van der Waals surface area contributed by atoms with E-state index in [-0.39, 0.29) is 23.9 Å². The van der Waals surface area contributed by atoms with Crippen LogP contribution in [0.2, 0.25) is 0 Å². The minimum absolute atomic E-state index is 0.133. The molecule has 2 N–H and O–H groups in total. The van der Waals surface area contributed by atoms with Gasteiger partial charge in [-0.25, -0.2) is 9.50 Å². The number of hydrogen-bond acceptors (Lipinski definition) is 5. The van der Waals surface area contributed by atoms with Crippen LogP contribution in [0.4, 0.5) is 0 Å². The number of H-pyrrole nitrogens is 1. The molecule has 4 rings (SSSR count). The van der Waals surface area contributed by atoms with Crippen molar-refractivity contribution in [3.63, 3.8) is 0 Å². The van der Waals surface area contributed by atoms with Gasteiger partial charge in [0.05, 0.1) is 25.3 Å². The summed E-state index contributed by atoms with van der Waals surface area (Å²) in [5.41, 5.74) is 2.80. The van der Waals surface area contributed by atoms with Crippen molar-refractivity contribution in [2.45, 2.75) is 38.1 Å². The van der Waals surface area contributed by atoms with Crippen LogP contribution in [0.5, 0.6) is 5.75 Å². The van der Waals surface area contributed by atoms with Crippen LogP contribution in [0.3, 0.4) is 0 Å². The van der Waals surface area contributed by atoms with Crippen molar-refractivity contribution < 1.29 is 14.3 Å². The summed E-state index contributed by atoms with van der Waals surface area (Å²) in [6.45, 7) is 3.28. The van der Waals surface area contributed by atoms with Crippen molar-refractivity contribution in [1.29, 1.82) is 0 Å². The molecular formula is C22H26N4O4. The van der Waals surface area contributed by atoms with Gasteiger partial charge in [0.2, 0.25) is 5.91 Å². The van der Waals surface area contributed by atoms with Crippen LogP contribution in [-0.2, 0) is 16.0 Å². The number of nitrogens with zero attached hydrogens (tertiary/aromatic N) is 2. The van der Waals surface area contributed by atoms with Crippen molar-refractivity contribution >= 4 is 11.6 Å². The SMILES string of the molecule is COc1ccc(CC(=O)N[C@H](C)c2cc(=O)n3[nH]c(C4CCOCC4)cc3n2)cc1. The maximum Gasteiger partial charge on any atom is 0.272 e. The molecule has 30 heavy (non-hydrogen) atoms. The Morgan fingerprint density at radius 1 is 1.30 bits per heavy atom. The molecule has 1 amide bonds. The molecule has 0 bridgehead atoms. The summed E-state index contributed by atoms with van der Waals surface area (Å²) in [5.74, 6) is 0.952. The molecule has 8 nitrogen and oxygen atoms in total. The van der Waals surface area contributed by atoms with Crippen LogP contribution in [0.15, 0.2) is 41.2 Å². The molecule has 1 aromatic carbocycles. The summed E-state index contributed by atoms with van der Waals surface area (Å²) in [4.78, 5) is 29.6. The van der Waals surface area contributed by atoms with Gasteiger partial charge in [-0.3, -0.25) is 14.7 Å². The fraction of sp³-hybridized carbons (Fsp3) is 0.409. The molecule has 1 aliphatic rings. The maximum atomic E-state index is 12.6. The first-order chi connectivity index (χ1) is 14.5. The molecule has 3 heterocycles. The second-order valence-corrected chi connectivity index (χ2v) is 7.63. The third kappa shape index (κ3) is 4.38. The predicted molar refractivity (Wildman–Crippen MR) is 112 cm³/mol. The highest BCUT2D eigenvalue weighted by Crippen LogP contribution is 2.26. The number of benzene rings is 1. The Labute approximate surface area is 174 Å². The summed E-state index contributed by atoms with van der Waals surface area (Å²) in [7, 11) is 1.60. The molecule has 0 spiro atoms. The quantitative estimate of drug-likeness (QED) is 0.650. The highest BCUT2D eigenvalue weighted by molar-refractivity contribution is 5.79. The van der Waals surface area contributed by atoms with E-state index in [0.29, 0.717) is 17.3 Å². The van der Waals surface area contributed by atoms with Crippen LogP contribution >= 0.6 is 0 Å². The molecule has 1 saturated heterocycles. The Hall–Kier alpha value is -3.13. The van der Waals surface area contributed by atoms with E-state index in [1.807, 2.05) is 37.3 Å². The first-order valence-corrected chi connectivity index (χ1v) is 10.2. The van der Waals surface area contributed by atoms with Gasteiger partial charge >= 0.3 is 0 Å². The van der Waals surface area contributed by atoms with E-state index in [4.69, 9.17) is 9.47 Å². The normalized spacial score (nSPS) is 15.8. The number of aromatic nitrogens is 3. The van der Waals surface area contributed by atoms with E-state index >= 15 is 0 Å². The molecule has 1 atom stereocenters. The van der Waals surface area contributed by atoms with Gasteiger partial charge in [-0.05, 0) is 37.5 Å². The van der Waals surface area contributed by atoms with E-state index < -0.39 is 0 Å². The molecule has 158 valence electrons. The van der Waals surface area contributed by atoms with Gasteiger partial charge in [0.15, 0.2) is 5.65 Å². The van der Waals surface area contributed by atoms with E-state index in [1.54, 1.807) is 7.11 Å². The molecule has 8 heteroatoms. The van der Waals surface area contributed by atoms with Crippen molar-refractivity contribution in [2.75, 3.05) is 20.3 Å². The zero-order valence-corrected chi connectivity index (χ0v) is 17.2. The molecule has 1 fully saturated rings. The van der Waals surface area contributed by atoms with Crippen molar-refractivity contribution in [1.82, 2.24) is 19.9 Å². The highest BCUT2D eigenvalue weighted by Gasteiger charge is 2.20. The summed E-state index contributed by atoms with van der Waals surface area (Å²) in [6, 6.07) is 10.4. The highest BCUT2D eigenvalue weighted by atomic mass is 16.5.